The van der Waals surface area contributed by atoms with Gasteiger partial charge in [-0.1, -0.05) is 44.3 Å². The quantitative estimate of drug-likeness (QED) is 0.361. The largest absolute Gasteiger partial charge is 0.462 e. The van der Waals surface area contributed by atoms with E-state index in [1.54, 1.807) is 0 Å². The average Bonchev–Trinajstić information content (AvgIpc) is 3.29. The summed E-state index contributed by atoms with van der Waals surface area (Å²) in [5.74, 6) is 0.296. The van der Waals surface area contributed by atoms with E-state index in [2.05, 4.69) is 45.6 Å². The van der Waals surface area contributed by atoms with Gasteiger partial charge in [0.25, 0.3) is 0 Å². The average molecular weight is 433 g/mol. The van der Waals surface area contributed by atoms with Crippen LogP contribution in [0.5, 0.6) is 0 Å². The fourth-order valence-electron chi connectivity index (χ4n) is 4.74. The molecule has 4 nitrogen and oxygen atoms in total. The molecule has 1 aromatic rings. The van der Waals surface area contributed by atoms with Crippen LogP contribution < -0.4 is 0 Å². The van der Waals surface area contributed by atoms with Crippen molar-refractivity contribution in [3.8, 4) is 0 Å². The maximum atomic E-state index is 13.0. The number of carbonyl (C=O) groups is 1. The number of benzene rings is 1. The minimum atomic E-state index is -1.23. The molecule has 5 heteroatoms. The van der Waals surface area contributed by atoms with Gasteiger partial charge in [0.1, 0.15) is 0 Å². The van der Waals surface area contributed by atoms with E-state index in [0.717, 1.165) is 36.4 Å². The van der Waals surface area contributed by atoms with Crippen LogP contribution in [0.15, 0.2) is 12.1 Å². The molecule has 1 aromatic carbocycles. The third-order valence-corrected chi connectivity index (χ3v) is 8.05. The summed E-state index contributed by atoms with van der Waals surface area (Å²) in [6.45, 7) is 17.7. The van der Waals surface area contributed by atoms with Gasteiger partial charge in [-0.2, -0.15) is 0 Å². The molecule has 0 bridgehead atoms. The van der Waals surface area contributed by atoms with Gasteiger partial charge in [0.2, 0.25) is 0 Å². The van der Waals surface area contributed by atoms with E-state index in [1.165, 1.54) is 11.1 Å². The first kappa shape index (κ1) is 23.5. The lowest BCUT2D eigenvalue weighted by atomic mass is 9.93. The molecule has 2 unspecified atom stereocenters. The first-order valence-corrected chi connectivity index (χ1v) is 15.2. The van der Waals surface area contributed by atoms with Crippen molar-refractivity contribution < 1.29 is 19.0 Å². The topological polar surface area (TPSA) is 44.8 Å². The maximum absolute atomic E-state index is 13.0. The summed E-state index contributed by atoms with van der Waals surface area (Å²) in [6.07, 6.45) is 3.35. The monoisotopic (exact) mass is 432 g/mol. The Morgan fingerprint density at radius 2 is 1.83 bits per heavy atom. The van der Waals surface area contributed by atoms with Crippen molar-refractivity contribution in [2.24, 2.45) is 5.92 Å². The van der Waals surface area contributed by atoms with E-state index in [0.29, 0.717) is 18.4 Å². The van der Waals surface area contributed by atoms with Gasteiger partial charge in [-0.15, -0.1) is 0 Å². The number of esters is 1. The lowest BCUT2D eigenvalue weighted by Crippen LogP contribution is -2.23. The predicted molar refractivity (Wildman–Crippen MR) is 124 cm³/mol. The second kappa shape index (κ2) is 8.76. The first-order chi connectivity index (χ1) is 13.9. The Bertz CT molecular complexity index is 780. The van der Waals surface area contributed by atoms with Crippen LogP contribution in [0.3, 0.4) is 0 Å². The SMILES string of the molecule is CC[C@H]1OC(C)(C)O[C@H]1CC1CC1c1cc(C)cc(C)c1C(=O)OCC[Si](C)(C)C. The summed E-state index contributed by atoms with van der Waals surface area (Å²) in [4.78, 5) is 13.0. The summed E-state index contributed by atoms with van der Waals surface area (Å²) in [7, 11) is -1.23. The second-order valence-electron chi connectivity index (χ2n) is 11.0. The molecular weight excluding hydrogens is 392 g/mol. The van der Waals surface area contributed by atoms with Gasteiger partial charge in [0.15, 0.2) is 5.79 Å². The zero-order chi connectivity index (χ0) is 22.3. The van der Waals surface area contributed by atoms with Crippen LogP contribution >= 0.6 is 0 Å². The van der Waals surface area contributed by atoms with Crippen molar-refractivity contribution in [2.75, 3.05) is 6.61 Å². The molecule has 0 aromatic heterocycles. The number of ether oxygens (including phenoxy) is 3. The zero-order valence-electron chi connectivity index (χ0n) is 20.1. The van der Waals surface area contributed by atoms with Crippen LogP contribution in [0.4, 0.5) is 0 Å². The van der Waals surface area contributed by atoms with Crippen LogP contribution in [-0.2, 0) is 14.2 Å². The van der Waals surface area contributed by atoms with Gasteiger partial charge >= 0.3 is 5.97 Å². The molecule has 2 aliphatic rings. The number of hydrogen-bond donors (Lipinski definition) is 0. The van der Waals surface area contributed by atoms with Crippen molar-refractivity contribution in [3.63, 3.8) is 0 Å². The molecule has 3 rings (SSSR count). The summed E-state index contributed by atoms with van der Waals surface area (Å²) in [6, 6.07) is 5.29. The number of carbonyl (C=O) groups excluding carboxylic acids is 1. The highest BCUT2D eigenvalue weighted by molar-refractivity contribution is 6.76. The van der Waals surface area contributed by atoms with E-state index >= 15 is 0 Å². The van der Waals surface area contributed by atoms with Crippen LogP contribution in [0, 0.1) is 19.8 Å². The Hall–Kier alpha value is -1.17. The molecule has 4 atom stereocenters. The minimum absolute atomic E-state index is 0.137. The van der Waals surface area contributed by atoms with Crippen molar-refractivity contribution >= 4 is 14.0 Å². The Labute approximate surface area is 183 Å². The lowest BCUT2D eigenvalue weighted by molar-refractivity contribution is -0.147. The van der Waals surface area contributed by atoms with Crippen molar-refractivity contribution in [1.29, 1.82) is 0 Å². The number of aryl methyl sites for hydroxylation is 2. The molecule has 1 aliphatic heterocycles. The van der Waals surface area contributed by atoms with Gasteiger partial charge in [-0.25, -0.2) is 4.79 Å². The molecule has 168 valence electrons. The zero-order valence-corrected chi connectivity index (χ0v) is 21.1. The molecule has 0 amide bonds. The van der Waals surface area contributed by atoms with E-state index in [-0.39, 0.29) is 18.2 Å². The van der Waals surface area contributed by atoms with Gasteiger partial charge < -0.3 is 14.2 Å². The molecule has 1 heterocycles. The molecule has 0 radical (unpaired) electrons. The maximum Gasteiger partial charge on any atom is 0.338 e. The van der Waals surface area contributed by atoms with Crippen LogP contribution in [0.2, 0.25) is 25.7 Å². The Morgan fingerprint density at radius 1 is 1.17 bits per heavy atom. The second-order valence-corrected chi connectivity index (χ2v) is 16.6. The van der Waals surface area contributed by atoms with Crippen LogP contribution in [-0.4, -0.2) is 38.6 Å². The van der Waals surface area contributed by atoms with Crippen molar-refractivity contribution in [3.05, 3.63) is 34.4 Å². The van der Waals surface area contributed by atoms with Crippen LogP contribution in [0.25, 0.3) is 0 Å². The van der Waals surface area contributed by atoms with Crippen molar-refractivity contribution in [2.45, 2.75) is 103 Å². The Kier molecular flexibility index (Phi) is 6.85. The highest BCUT2D eigenvalue weighted by atomic mass is 28.3. The van der Waals surface area contributed by atoms with Gasteiger partial charge in [0, 0.05) is 8.07 Å². The summed E-state index contributed by atoms with van der Waals surface area (Å²) < 4.78 is 18.0. The fourth-order valence-corrected chi connectivity index (χ4v) is 5.45. The smallest absolute Gasteiger partial charge is 0.338 e. The van der Waals surface area contributed by atoms with Gasteiger partial charge in [-0.05, 0) is 76.0 Å². The molecule has 1 saturated carbocycles. The highest BCUT2D eigenvalue weighted by Crippen LogP contribution is 2.53. The number of hydrogen-bond acceptors (Lipinski definition) is 4. The number of rotatable bonds is 8. The van der Waals surface area contributed by atoms with Crippen LogP contribution in [0.1, 0.15) is 73.0 Å². The normalized spacial score (nSPS) is 27.9. The fraction of sp³-hybridized carbons (Fsp3) is 0.720. The van der Waals surface area contributed by atoms with Gasteiger partial charge in [-0.3, -0.25) is 0 Å². The predicted octanol–water partition coefficient (Wildman–Crippen LogP) is 6.22. The summed E-state index contributed by atoms with van der Waals surface area (Å²) in [5, 5.41) is 0. The lowest BCUT2D eigenvalue weighted by Gasteiger charge is -2.18. The van der Waals surface area contributed by atoms with E-state index in [1.807, 2.05) is 20.8 Å². The molecule has 1 aliphatic carbocycles. The molecule has 0 spiro atoms. The summed E-state index contributed by atoms with van der Waals surface area (Å²) >= 11 is 0. The molecule has 0 N–H and O–H groups in total. The van der Waals surface area contributed by atoms with Crippen molar-refractivity contribution in [1.82, 2.24) is 0 Å². The van der Waals surface area contributed by atoms with E-state index < -0.39 is 13.9 Å². The highest BCUT2D eigenvalue weighted by Gasteiger charge is 2.47. The van der Waals surface area contributed by atoms with E-state index in [9.17, 15) is 4.79 Å². The third-order valence-electron chi connectivity index (χ3n) is 6.34. The Morgan fingerprint density at radius 3 is 2.47 bits per heavy atom. The van der Waals surface area contributed by atoms with E-state index in [4.69, 9.17) is 14.2 Å². The van der Waals surface area contributed by atoms with Gasteiger partial charge in [0.05, 0.1) is 24.4 Å². The Balaban J connectivity index is 1.71. The molecule has 2 fully saturated rings. The standard InChI is InChI=1S/C25H40O4Si/c1-9-21-22(29-25(4,5)28-21)15-18-14-19(18)20-13-16(2)12-17(3)23(20)24(26)27-10-11-30(6,7)8/h12-13,18-19,21-22H,9-11,14-15H2,1-8H3/t18?,19?,21-,22+/m1/s1. The first-order valence-electron chi connectivity index (χ1n) is 11.5. The third kappa shape index (κ3) is 5.74. The minimum Gasteiger partial charge on any atom is -0.462 e. The molecular formula is C25H40O4Si. The summed E-state index contributed by atoms with van der Waals surface area (Å²) in [5.41, 5.74) is 4.20. The molecule has 1 saturated heterocycles. The molecule has 30 heavy (non-hydrogen) atoms.